The van der Waals surface area contributed by atoms with E-state index in [1.807, 2.05) is 0 Å². The molecule has 0 aliphatic carbocycles. The van der Waals surface area contributed by atoms with Crippen LogP contribution >= 0.6 is 0 Å². The van der Waals surface area contributed by atoms with E-state index < -0.39 is 10.0 Å². The van der Waals surface area contributed by atoms with Crippen LogP contribution in [0.15, 0.2) is 12.5 Å². The van der Waals surface area contributed by atoms with Crippen LogP contribution in [0.2, 0.25) is 0 Å². The number of ether oxygens (including phenoxy) is 1. The first-order chi connectivity index (χ1) is 9.79. The van der Waals surface area contributed by atoms with Crippen LogP contribution in [-0.2, 0) is 21.8 Å². The molecule has 1 saturated heterocycles. The number of rotatable bonds is 5. The van der Waals surface area contributed by atoms with E-state index in [4.69, 9.17) is 4.74 Å². The smallest absolute Gasteiger partial charge is 0.271 e. The molecule has 2 rings (SSSR count). The summed E-state index contributed by atoms with van der Waals surface area (Å²) in [5.41, 5.74) is 0.304. The molecule has 0 radical (unpaired) electrons. The highest BCUT2D eigenvalue weighted by Crippen LogP contribution is 2.17. The van der Waals surface area contributed by atoms with E-state index in [0.29, 0.717) is 18.9 Å². The molecular weight excluding hydrogens is 296 g/mol. The number of carbonyl (C=O) groups excluding carboxylic acids is 1. The van der Waals surface area contributed by atoms with Gasteiger partial charge < -0.3 is 14.6 Å². The zero-order valence-corrected chi connectivity index (χ0v) is 13.1. The molecule has 1 N–H and O–H groups in total. The van der Waals surface area contributed by atoms with E-state index in [1.54, 1.807) is 17.8 Å². The third-order valence-corrected chi connectivity index (χ3v) is 5.40. The number of hydrogen-bond acceptors (Lipinski definition) is 5. The molecule has 1 aromatic rings. The topological polar surface area (TPSA) is 93.5 Å². The second-order valence-corrected chi connectivity index (χ2v) is 7.59. The zero-order valence-electron chi connectivity index (χ0n) is 12.3. The molecule has 0 spiro atoms. The van der Waals surface area contributed by atoms with Crippen molar-refractivity contribution >= 4 is 15.9 Å². The predicted octanol–water partition coefficient (Wildman–Crippen LogP) is -0.944. The fourth-order valence-electron chi connectivity index (χ4n) is 2.11. The Bertz CT molecular complexity index is 611. The fraction of sp³-hybridized carbons (Fsp3) is 0.667. The zero-order chi connectivity index (χ0) is 15.6. The van der Waals surface area contributed by atoms with Gasteiger partial charge in [-0.2, -0.15) is 0 Å². The summed E-state index contributed by atoms with van der Waals surface area (Å²) < 4.78 is 32.0. The van der Waals surface area contributed by atoms with Crippen LogP contribution in [0, 0.1) is 5.92 Å². The van der Waals surface area contributed by atoms with Gasteiger partial charge in [-0.25, -0.2) is 17.7 Å². The van der Waals surface area contributed by atoms with Crippen LogP contribution in [0.1, 0.15) is 10.5 Å². The quantitative estimate of drug-likeness (QED) is 0.756. The number of imidazole rings is 1. The molecular formula is C12H20N4O4S. The van der Waals surface area contributed by atoms with Gasteiger partial charge in [0.25, 0.3) is 5.91 Å². The first-order valence-corrected chi connectivity index (χ1v) is 8.17. The number of amides is 1. The molecule has 2 atom stereocenters. The van der Waals surface area contributed by atoms with Crippen molar-refractivity contribution in [3.05, 3.63) is 18.2 Å². The Kier molecular flexibility index (Phi) is 4.64. The minimum absolute atomic E-state index is 0.0484. The maximum absolute atomic E-state index is 12.1. The summed E-state index contributed by atoms with van der Waals surface area (Å²) in [5.74, 6) is -0.629. The fourth-order valence-corrected chi connectivity index (χ4v) is 3.28. The lowest BCUT2D eigenvalue weighted by molar-refractivity contribution is 0.0921. The lowest BCUT2D eigenvalue weighted by atomic mass is 10.1. The van der Waals surface area contributed by atoms with Crippen LogP contribution in [0.5, 0.6) is 0 Å². The minimum Gasteiger partial charge on any atom is -0.379 e. The van der Waals surface area contributed by atoms with Gasteiger partial charge in [-0.15, -0.1) is 0 Å². The Morgan fingerprint density at radius 2 is 2.24 bits per heavy atom. The van der Waals surface area contributed by atoms with Crippen LogP contribution in [0.25, 0.3) is 0 Å². The molecule has 118 valence electrons. The number of nitrogens with zero attached hydrogens (tertiary/aromatic N) is 3. The van der Waals surface area contributed by atoms with E-state index in [9.17, 15) is 13.2 Å². The number of aryl methyl sites for hydroxylation is 1. The SMILES string of the molecule is CN(C)S(=O)(=O)C[C@@H]1COC[C@H]1NC(=O)c1cn(C)cn1. The molecule has 1 fully saturated rings. The first-order valence-electron chi connectivity index (χ1n) is 6.56. The molecule has 8 nitrogen and oxygen atoms in total. The largest absolute Gasteiger partial charge is 0.379 e. The Morgan fingerprint density at radius 3 is 2.81 bits per heavy atom. The summed E-state index contributed by atoms with van der Waals surface area (Å²) in [4.78, 5) is 16.0. The van der Waals surface area contributed by atoms with Gasteiger partial charge in [0.05, 0.1) is 31.3 Å². The van der Waals surface area contributed by atoms with Crippen molar-refractivity contribution in [2.45, 2.75) is 6.04 Å². The Morgan fingerprint density at radius 1 is 1.52 bits per heavy atom. The highest BCUT2D eigenvalue weighted by atomic mass is 32.2. The maximum Gasteiger partial charge on any atom is 0.271 e. The number of aromatic nitrogens is 2. The first kappa shape index (κ1) is 15.9. The van der Waals surface area contributed by atoms with Crippen molar-refractivity contribution in [1.29, 1.82) is 0 Å². The molecule has 1 aromatic heterocycles. The Balaban J connectivity index is 2.01. The lowest BCUT2D eigenvalue weighted by Crippen LogP contribution is -2.43. The number of nitrogens with one attached hydrogen (secondary N) is 1. The summed E-state index contributed by atoms with van der Waals surface area (Å²) in [6, 6.07) is -0.325. The minimum atomic E-state index is -3.33. The summed E-state index contributed by atoms with van der Waals surface area (Å²) in [6.07, 6.45) is 3.14. The molecule has 2 heterocycles. The van der Waals surface area contributed by atoms with Crippen LogP contribution < -0.4 is 5.32 Å². The van der Waals surface area contributed by atoms with Gasteiger partial charge in [0, 0.05) is 33.3 Å². The van der Waals surface area contributed by atoms with Gasteiger partial charge in [-0.3, -0.25) is 4.79 Å². The molecule has 21 heavy (non-hydrogen) atoms. The van der Waals surface area contributed by atoms with Gasteiger partial charge in [0.2, 0.25) is 10.0 Å². The molecule has 1 aliphatic rings. The third-order valence-electron chi connectivity index (χ3n) is 3.43. The molecule has 0 saturated carbocycles. The normalized spacial score (nSPS) is 22.7. The summed E-state index contributed by atoms with van der Waals surface area (Å²) in [6.45, 7) is 0.631. The maximum atomic E-state index is 12.1. The third kappa shape index (κ3) is 3.80. The Hall–Kier alpha value is -1.45. The van der Waals surface area contributed by atoms with E-state index in [1.165, 1.54) is 24.7 Å². The van der Waals surface area contributed by atoms with Crippen molar-refractivity contribution < 1.29 is 17.9 Å². The molecule has 9 heteroatoms. The van der Waals surface area contributed by atoms with Crippen molar-refractivity contribution in [3.8, 4) is 0 Å². The van der Waals surface area contributed by atoms with Crippen LogP contribution in [0.3, 0.4) is 0 Å². The standard InChI is InChI=1S/C12H20N4O4S/c1-15(2)21(18,19)7-9-5-20-6-11(9)14-12(17)10-4-16(3)8-13-10/h4,8-9,11H,5-7H2,1-3H3,(H,14,17)/t9-,11+/m0/s1. The van der Waals surface area contributed by atoms with Crippen LogP contribution in [-0.4, -0.2) is 67.3 Å². The van der Waals surface area contributed by atoms with Gasteiger partial charge in [-0.1, -0.05) is 0 Å². The molecule has 1 aliphatic heterocycles. The second-order valence-electron chi connectivity index (χ2n) is 5.36. The van der Waals surface area contributed by atoms with Gasteiger partial charge >= 0.3 is 0 Å². The number of carbonyl (C=O) groups is 1. The van der Waals surface area contributed by atoms with Gasteiger partial charge in [-0.05, 0) is 0 Å². The summed E-state index contributed by atoms with van der Waals surface area (Å²) in [7, 11) is 1.43. The highest BCUT2D eigenvalue weighted by Gasteiger charge is 2.34. The average Bonchev–Trinajstić information content (AvgIpc) is 2.99. The van der Waals surface area contributed by atoms with E-state index in [-0.39, 0.29) is 23.6 Å². The monoisotopic (exact) mass is 316 g/mol. The highest BCUT2D eigenvalue weighted by molar-refractivity contribution is 7.89. The summed E-state index contributed by atoms with van der Waals surface area (Å²) >= 11 is 0. The van der Waals surface area contributed by atoms with Gasteiger partial charge in [0.15, 0.2) is 0 Å². The molecule has 0 unspecified atom stereocenters. The van der Waals surface area contributed by atoms with Crippen LogP contribution in [0.4, 0.5) is 0 Å². The second kappa shape index (κ2) is 6.12. The van der Waals surface area contributed by atoms with Crippen molar-refractivity contribution in [1.82, 2.24) is 19.2 Å². The summed E-state index contributed by atoms with van der Waals surface area (Å²) in [5, 5.41) is 2.80. The molecule has 0 aromatic carbocycles. The van der Waals surface area contributed by atoms with E-state index in [0.717, 1.165) is 0 Å². The van der Waals surface area contributed by atoms with E-state index >= 15 is 0 Å². The lowest BCUT2D eigenvalue weighted by Gasteiger charge is -2.20. The Labute approximate surface area is 124 Å². The average molecular weight is 316 g/mol. The number of sulfonamides is 1. The van der Waals surface area contributed by atoms with Gasteiger partial charge in [0.1, 0.15) is 5.69 Å². The molecule has 0 bridgehead atoms. The van der Waals surface area contributed by atoms with Crippen molar-refractivity contribution in [2.24, 2.45) is 13.0 Å². The number of hydrogen-bond donors (Lipinski definition) is 1. The van der Waals surface area contributed by atoms with Crippen molar-refractivity contribution in [3.63, 3.8) is 0 Å². The van der Waals surface area contributed by atoms with Crippen molar-refractivity contribution in [2.75, 3.05) is 33.1 Å². The van der Waals surface area contributed by atoms with E-state index in [2.05, 4.69) is 10.3 Å². The predicted molar refractivity (Wildman–Crippen MR) is 76.2 cm³/mol. The molecule has 1 amide bonds.